The fraction of sp³-hybridized carbons (Fsp3) is 0.176. The van der Waals surface area contributed by atoms with Crippen LogP contribution in [0.4, 0.5) is 10.8 Å². The monoisotopic (exact) mass is 341 g/mol. The van der Waals surface area contributed by atoms with E-state index in [1.54, 1.807) is 6.07 Å². The lowest BCUT2D eigenvalue weighted by molar-refractivity contribution is -0.385. The van der Waals surface area contributed by atoms with Crippen LogP contribution in [0.3, 0.4) is 0 Å². The summed E-state index contributed by atoms with van der Waals surface area (Å²) >= 11 is 1.35. The molecule has 0 aliphatic rings. The Balaban J connectivity index is 1.95. The molecule has 0 atom stereocenters. The molecule has 7 heteroatoms. The minimum atomic E-state index is -0.565. The van der Waals surface area contributed by atoms with Crippen molar-refractivity contribution in [2.24, 2.45) is 0 Å². The molecule has 24 heavy (non-hydrogen) atoms. The molecule has 1 N–H and O–H groups in total. The van der Waals surface area contributed by atoms with Crippen LogP contribution in [-0.4, -0.2) is 15.8 Å². The van der Waals surface area contributed by atoms with Crippen LogP contribution in [0.2, 0.25) is 0 Å². The molecule has 0 unspecified atom stereocenters. The van der Waals surface area contributed by atoms with Gasteiger partial charge in [0.2, 0.25) is 0 Å². The normalized spacial score (nSPS) is 11.0. The molecule has 1 aromatic heterocycles. The van der Waals surface area contributed by atoms with Gasteiger partial charge in [0.15, 0.2) is 5.13 Å². The number of hydrogen-bond donors (Lipinski definition) is 1. The summed E-state index contributed by atoms with van der Waals surface area (Å²) in [5.74, 6) is -0.220. The molecule has 0 radical (unpaired) electrons. The van der Waals surface area contributed by atoms with Crippen molar-refractivity contribution in [2.75, 3.05) is 5.32 Å². The fourth-order valence-electron chi connectivity index (χ4n) is 2.48. The van der Waals surface area contributed by atoms with Gasteiger partial charge in [0, 0.05) is 6.07 Å². The molecular weight excluding hydrogens is 326 g/mol. The van der Waals surface area contributed by atoms with Gasteiger partial charge in [-0.1, -0.05) is 49.4 Å². The predicted octanol–water partition coefficient (Wildman–Crippen LogP) is 4.58. The van der Waals surface area contributed by atoms with Crippen molar-refractivity contribution < 1.29 is 9.72 Å². The number of benzene rings is 2. The van der Waals surface area contributed by atoms with Crippen molar-refractivity contribution in [1.29, 1.82) is 0 Å². The number of nitrogens with zero attached hydrogens (tertiary/aromatic N) is 2. The van der Waals surface area contributed by atoms with E-state index < -0.39 is 10.8 Å². The molecule has 3 rings (SSSR count). The zero-order valence-electron chi connectivity index (χ0n) is 13.1. The summed E-state index contributed by atoms with van der Waals surface area (Å²) in [7, 11) is 0. The molecule has 0 saturated heterocycles. The van der Waals surface area contributed by atoms with E-state index in [-0.39, 0.29) is 11.3 Å². The Morgan fingerprint density at radius 1 is 1.21 bits per heavy atom. The Kier molecular flexibility index (Phi) is 4.26. The number of rotatable bonds is 4. The number of nitro groups is 1. The van der Waals surface area contributed by atoms with Gasteiger partial charge in [-0.05, 0) is 23.6 Å². The van der Waals surface area contributed by atoms with E-state index in [0.717, 1.165) is 15.8 Å². The van der Waals surface area contributed by atoms with Gasteiger partial charge in [-0.2, -0.15) is 0 Å². The molecule has 1 amide bonds. The number of fused-ring (bicyclic) bond motifs is 1. The van der Waals surface area contributed by atoms with E-state index in [2.05, 4.69) is 24.1 Å². The average Bonchev–Trinajstić information content (AvgIpc) is 2.96. The number of carbonyl (C=O) groups excluding carboxylic acids is 1. The number of amides is 1. The summed E-state index contributed by atoms with van der Waals surface area (Å²) in [6.45, 7) is 4.17. The highest BCUT2D eigenvalue weighted by molar-refractivity contribution is 7.22. The zero-order valence-corrected chi connectivity index (χ0v) is 14.0. The van der Waals surface area contributed by atoms with E-state index in [9.17, 15) is 14.9 Å². The molecule has 0 saturated carbocycles. The molecule has 1 heterocycles. The van der Waals surface area contributed by atoms with Gasteiger partial charge < -0.3 is 0 Å². The maximum atomic E-state index is 12.4. The first-order chi connectivity index (χ1) is 11.5. The van der Waals surface area contributed by atoms with Crippen molar-refractivity contribution in [1.82, 2.24) is 4.98 Å². The van der Waals surface area contributed by atoms with E-state index in [1.807, 2.05) is 18.2 Å². The van der Waals surface area contributed by atoms with Gasteiger partial charge in [0.1, 0.15) is 5.56 Å². The van der Waals surface area contributed by atoms with E-state index in [4.69, 9.17) is 0 Å². The first kappa shape index (κ1) is 16.1. The summed E-state index contributed by atoms with van der Waals surface area (Å²) < 4.78 is 0.971. The average molecular weight is 341 g/mol. The van der Waals surface area contributed by atoms with Gasteiger partial charge in [-0.25, -0.2) is 4.98 Å². The van der Waals surface area contributed by atoms with Crippen LogP contribution in [0.25, 0.3) is 10.2 Å². The quantitative estimate of drug-likeness (QED) is 0.556. The smallest absolute Gasteiger partial charge is 0.282 e. The standard InChI is InChI=1S/C17H15N3O3S/c1-10(2)11-7-5-9-14-15(11)18-17(24-14)19-16(21)12-6-3-4-8-13(12)20(22)23/h3-10H,1-2H3,(H,18,19,21). The maximum Gasteiger partial charge on any atom is 0.282 e. The minimum absolute atomic E-state index is 0.0193. The third kappa shape index (κ3) is 2.98. The Morgan fingerprint density at radius 3 is 2.67 bits per heavy atom. The molecule has 2 aromatic carbocycles. The lowest BCUT2D eigenvalue weighted by Gasteiger charge is -2.04. The second kappa shape index (κ2) is 6.37. The largest absolute Gasteiger partial charge is 0.298 e. The number of anilines is 1. The SMILES string of the molecule is CC(C)c1cccc2sc(NC(=O)c3ccccc3[N+](=O)[O-])nc12. The highest BCUT2D eigenvalue weighted by Gasteiger charge is 2.20. The van der Waals surface area contributed by atoms with Crippen LogP contribution in [0.15, 0.2) is 42.5 Å². The number of nitro benzene ring substituents is 1. The Morgan fingerprint density at radius 2 is 1.96 bits per heavy atom. The molecule has 3 aromatic rings. The molecule has 122 valence electrons. The molecule has 0 spiro atoms. The van der Waals surface area contributed by atoms with Crippen LogP contribution < -0.4 is 5.32 Å². The summed E-state index contributed by atoms with van der Waals surface area (Å²) in [6.07, 6.45) is 0. The molecular formula is C17H15N3O3S. The highest BCUT2D eigenvalue weighted by Crippen LogP contribution is 2.32. The van der Waals surface area contributed by atoms with E-state index in [1.165, 1.54) is 29.5 Å². The van der Waals surface area contributed by atoms with Crippen LogP contribution in [-0.2, 0) is 0 Å². The number of para-hydroxylation sites is 2. The zero-order chi connectivity index (χ0) is 17.3. The summed E-state index contributed by atoms with van der Waals surface area (Å²) in [5.41, 5.74) is 1.76. The second-order valence-electron chi connectivity index (χ2n) is 5.60. The predicted molar refractivity (Wildman–Crippen MR) is 94.8 cm³/mol. The Labute approximate surface area is 142 Å². The lowest BCUT2D eigenvalue weighted by Crippen LogP contribution is -2.13. The third-order valence-electron chi connectivity index (χ3n) is 3.64. The topological polar surface area (TPSA) is 85.1 Å². The lowest BCUT2D eigenvalue weighted by atomic mass is 10.0. The van der Waals surface area contributed by atoms with Gasteiger partial charge in [-0.15, -0.1) is 0 Å². The van der Waals surface area contributed by atoms with Gasteiger partial charge in [0.25, 0.3) is 11.6 Å². The molecule has 6 nitrogen and oxygen atoms in total. The minimum Gasteiger partial charge on any atom is -0.298 e. The van der Waals surface area contributed by atoms with Crippen molar-refractivity contribution >= 4 is 38.3 Å². The number of aromatic nitrogens is 1. The maximum absolute atomic E-state index is 12.4. The first-order valence-corrected chi connectivity index (χ1v) is 8.23. The Bertz CT molecular complexity index is 934. The third-order valence-corrected chi connectivity index (χ3v) is 4.57. The van der Waals surface area contributed by atoms with Gasteiger partial charge in [0.05, 0.1) is 15.1 Å². The van der Waals surface area contributed by atoms with Crippen molar-refractivity contribution in [3.8, 4) is 0 Å². The number of nitrogens with one attached hydrogen (secondary N) is 1. The highest BCUT2D eigenvalue weighted by atomic mass is 32.1. The number of hydrogen-bond acceptors (Lipinski definition) is 5. The molecule has 0 aliphatic carbocycles. The first-order valence-electron chi connectivity index (χ1n) is 7.41. The van der Waals surface area contributed by atoms with Crippen molar-refractivity contribution in [2.45, 2.75) is 19.8 Å². The summed E-state index contributed by atoms with van der Waals surface area (Å²) in [5, 5.41) is 14.2. The van der Waals surface area contributed by atoms with Crippen LogP contribution in [0, 0.1) is 10.1 Å². The van der Waals surface area contributed by atoms with E-state index in [0.29, 0.717) is 11.0 Å². The van der Waals surface area contributed by atoms with Crippen LogP contribution >= 0.6 is 11.3 Å². The van der Waals surface area contributed by atoms with Gasteiger partial charge >= 0.3 is 0 Å². The van der Waals surface area contributed by atoms with Crippen molar-refractivity contribution in [3.05, 3.63) is 63.7 Å². The van der Waals surface area contributed by atoms with Gasteiger partial charge in [-0.3, -0.25) is 20.2 Å². The summed E-state index contributed by atoms with van der Waals surface area (Å²) in [6, 6.07) is 11.8. The fourth-order valence-corrected chi connectivity index (χ4v) is 3.37. The second-order valence-corrected chi connectivity index (χ2v) is 6.63. The molecule has 0 aliphatic heterocycles. The Hall–Kier alpha value is -2.80. The number of carbonyl (C=O) groups is 1. The van der Waals surface area contributed by atoms with Crippen LogP contribution in [0.5, 0.6) is 0 Å². The molecule has 0 bridgehead atoms. The van der Waals surface area contributed by atoms with E-state index >= 15 is 0 Å². The van der Waals surface area contributed by atoms with Crippen LogP contribution in [0.1, 0.15) is 35.7 Å². The molecule has 0 fully saturated rings. The summed E-state index contributed by atoms with van der Waals surface area (Å²) in [4.78, 5) is 27.4. The number of thiazole rings is 1. The van der Waals surface area contributed by atoms with Crippen molar-refractivity contribution in [3.63, 3.8) is 0 Å².